The molecule has 1 N–H and O–H groups in total. The van der Waals surface area contributed by atoms with Crippen molar-refractivity contribution in [2.75, 3.05) is 11.4 Å². The minimum absolute atomic E-state index is 0.0907. The van der Waals surface area contributed by atoms with Crippen molar-refractivity contribution in [3.05, 3.63) is 59.6 Å². The van der Waals surface area contributed by atoms with E-state index in [1.807, 2.05) is 18.2 Å². The number of benzene rings is 1. The van der Waals surface area contributed by atoms with Gasteiger partial charge in [-0.3, -0.25) is 4.79 Å². The van der Waals surface area contributed by atoms with E-state index in [1.165, 1.54) is 16.8 Å². The van der Waals surface area contributed by atoms with Gasteiger partial charge in [-0.15, -0.1) is 0 Å². The Morgan fingerprint density at radius 1 is 1.29 bits per heavy atom. The summed E-state index contributed by atoms with van der Waals surface area (Å²) >= 11 is 0. The van der Waals surface area contributed by atoms with Crippen LogP contribution < -0.4 is 10.2 Å². The van der Waals surface area contributed by atoms with Gasteiger partial charge < -0.3 is 14.6 Å². The fraction of sp³-hybridized carbons (Fsp3) is 0.350. The van der Waals surface area contributed by atoms with E-state index < -0.39 is 5.66 Å². The summed E-state index contributed by atoms with van der Waals surface area (Å²) in [6.07, 6.45) is 6.21. The second kappa shape index (κ2) is 5.00. The number of furan rings is 1. The molecule has 4 heteroatoms. The third-order valence-electron chi connectivity index (χ3n) is 5.42. The molecule has 2 aliphatic rings. The predicted octanol–water partition coefficient (Wildman–Crippen LogP) is 3.62. The van der Waals surface area contributed by atoms with Gasteiger partial charge in [0.05, 0.1) is 6.26 Å². The minimum atomic E-state index is -0.578. The van der Waals surface area contributed by atoms with Gasteiger partial charge in [-0.25, -0.2) is 0 Å². The van der Waals surface area contributed by atoms with E-state index in [9.17, 15) is 4.79 Å². The summed E-state index contributed by atoms with van der Waals surface area (Å²) < 4.78 is 5.44. The molecule has 124 valence electrons. The fourth-order valence-electron chi connectivity index (χ4n) is 4.06. The van der Waals surface area contributed by atoms with E-state index in [0.717, 1.165) is 5.76 Å². The monoisotopic (exact) mass is 322 g/mol. The molecule has 0 spiro atoms. The van der Waals surface area contributed by atoms with E-state index in [1.54, 1.807) is 6.26 Å². The molecule has 4 rings (SSSR count). The fourth-order valence-corrected chi connectivity index (χ4v) is 4.06. The topological polar surface area (TPSA) is 45.5 Å². The van der Waals surface area contributed by atoms with E-state index in [0.29, 0.717) is 13.0 Å². The van der Waals surface area contributed by atoms with Crippen molar-refractivity contribution in [2.24, 2.45) is 0 Å². The number of rotatable bonds is 2. The van der Waals surface area contributed by atoms with Crippen LogP contribution in [-0.2, 0) is 10.2 Å². The molecule has 2 aromatic rings. The van der Waals surface area contributed by atoms with Crippen LogP contribution in [0.15, 0.2) is 47.1 Å². The molecule has 1 unspecified atom stereocenters. The quantitative estimate of drug-likeness (QED) is 0.918. The Morgan fingerprint density at radius 3 is 2.88 bits per heavy atom. The molecule has 4 nitrogen and oxygen atoms in total. The van der Waals surface area contributed by atoms with Gasteiger partial charge in [0.25, 0.3) is 0 Å². The summed E-state index contributed by atoms with van der Waals surface area (Å²) in [4.78, 5) is 14.6. The summed E-state index contributed by atoms with van der Waals surface area (Å²) in [7, 11) is 0. The molecular formula is C20H22N2O2. The van der Waals surface area contributed by atoms with Crippen LogP contribution in [0.1, 0.15) is 37.2 Å². The first-order chi connectivity index (χ1) is 11.4. The van der Waals surface area contributed by atoms with E-state index in [-0.39, 0.29) is 11.3 Å². The maximum absolute atomic E-state index is 12.3. The summed E-state index contributed by atoms with van der Waals surface area (Å²) in [5.41, 5.74) is 2.88. The molecule has 0 radical (unpaired) electrons. The lowest BCUT2D eigenvalue weighted by Crippen LogP contribution is -2.68. The van der Waals surface area contributed by atoms with Crippen LogP contribution in [-0.4, -0.2) is 18.1 Å². The Morgan fingerprint density at radius 2 is 2.12 bits per heavy atom. The number of amides is 1. The van der Waals surface area contributed by atoms with Gasteiger partial charge >= 0.3 is 0 Å². The summed E-state index contributed by atoms with van der Waals surface area (Å²) in [5, 5.41) is 3.27. The molecule has 1 amide bonds. The molecule has 1 saturated heterocycles. The second-order valence-corrected chi connectivity index (χ2v) is 7.21. The number of aryl methyl sites for hydroxylation is 1. The van der Waals surface area contributed by atoms with Crippen molar-refractivity contribution in [3.8, 4) is 0 Å². The lowest BCUT2D eigenvalue weighted by Gasteiger charge is -2.49. The lowest BCUT2D eigenvalue weighted by atomic mass is 9.74. The van der Waals surface area contributed by atoms with Crippen molar-refractivity contribution in [2.45, 2.75) is 38.3 Å². The molecule has 0 saturated carbocycles. The molecule has 24 heavy (non-hydrogen) atoms. The Balaban J connectivity index is 1.88. The number of anilines is 1. The van der Waals surface area contributed by atoms with Crippen LogP contribution >= 0.6 is 0 Å². The van der Waals surface area contributed by atoms with Crippen LogP contribution in [0, 0.1) is 6.92 Å². The molecule has 0 bridgehead atoms. The zero-order valence-corrected chi connectivity index (χ0v) is 14.3. The zero-order valence-electron chi connectivity index (χ0n) is 14.3. The van der Waals surface area contributed by atoms with Crippen LogP contribution in [0.25, 0.3) is 6.08 Å². The number of carbonyl (C=O) groups excluding carboxylic acids is 1. The van der Waals surface area contributed by atoms with Gasteiger partial charge in [-0.2, -0.15) is 0 Å². The molecule has 0 aliphatic carbocycles. The van der Waals surface area contributed by atoms with Crippen molar-refractivity contribution >= 4 is 17.7 Å². The maximum Gasteiger partial charge on any atom is 0.223 e. The first kappa shape index (κ1) is 15.1. The largest absolute Gasteiger partial charge is 0.465 e. The maximum atomic E-state index is 12.3. The third kappa shape index (κ3) is 1.95. The number of hydrogen-bond acceptors (Lipinski definition) is 3. The summed E-state index contributed by atoms with van der Waals surface area (Å²) in [6, 6.07) is 10.3. The smallest absolute Gasteiger partial charge is 0.223 e. The lowest BCUT2D eigenvalue weighted by molar-refractivity contribution is -0.124. The van der Waals surface area contributed by atoms with E-state index >= 15 is 0 Å². The van der Waals surface area contributed by atoms with E-state index in [2.05, 4.69) is 55.3 Å². The Kier molecular flexibility index (Phi) is 3.14. The van der Waals surface area contributed by atoms with Crippen molar-refractivity contribution in [1.82, 2.24) is 5.32 Å². The molecule has 1 fully saturated rings. The number of hydrogen-bond donors (Lipinski definition) is 1. The van der Waals surface area contributed by atoms with Gasteiger partial charge in [0.1, 0.15) is 11.4 Å². The van der Waals surface area contributed by atoms with E-state index in [4.69, 9.17) is 4.42 Å². The summed E-state index contributed by atoms with van der Waals surface area (Å²) in [6.45, 7) is 7.22. The average molecular weight is 322 g/mol. The predicted molar refractivity (Wildman–Crippen MR) is 94.8 cm³/mol. The second-order valence-electron chi connectivity index (χ2n) is 7.21. The Labute approximate surface area is 142 Å². The van der Waals surface area contributed by atoms with Gasteiger partial charge in [-0.1, -0.05) is 31.5 Å². The number of carbonyl (C=O) groups is 1. The summed E-state index contributed by atoms with van der Waals surface area (Å²) in [5.74, 6) is 0.875. The van der Waals surface area contributed by atoms with Crippen molar-refractivity contribution in [1.29, 1.82) is 0 Å². The van der Waals surface area contributed by atoms with Crippen LogP contribution in [0.3, 0.4) is 0 Å². The highest BCUT2D eigenvalue weighted by atomic mass is 16.3. The molecule has 3 heterocycles. The van der Waals surface area contributed by atoms with Crippen LogP contribution in [0.2, 0.25) is 0 Å². The SMILES string of the molecule is Cc1ccc2c(c1)C(C)(C)C1(C=Cc3ccco3)NC(=O)CCN21. The first-order valence-corrected chi connectivity index (χ1v) is 8.37. The minimum Gasteiger partial charge on any atom is -0.465 e. The highest BCUT2D eigenvalue weighted by Gasteiger charge is 2.57. The Bertz CT molecular complexity index is 820. The van der Waals surface area contributed by atoms with Gasteiger partial charge in [0.2, 0.25) is 5.91 Å². The number of nitrogens with one attached hydrogen (secondary N) is 1. The average Bonchev–Trinajstić information content (AvgIpc) is 3.11. The molecule has 1 aromatic heterocycles. The Hall–Kier alpha value is -2.49. The molecule has 1 atom stereocenters. The van der Waals surface area contributed by atoms with Crippen LogP contribution in [0.5, 0.6) is 0 Å². The normalized spacial score (nSPS) is 24.8. The first-order valence-electron chi connectivity index (χ1n) is 8.37. The number of fused-ring (bicyclic) bond motifs is 3. The highest BCUT2D eigenvalue weighted by Crippen LogP contribution is 2.52. The van der Waals surface area contributed by atoms with Crippen LogP contribution in [0.4, 0.5) is 5.69 Å². The molecular weight excluding hydrogens is 300 g/mol. The molecule has 2 aliphatic heterocycles. The standard InChI is InChI=1S/C20H22N2O2/c1-14-6-7-17-16(13-14)19(2,3)20(10-8-15-5-4-12-24-15)21-18(23)9-11-22(17)20/h4-8,10,12-13H,9,11H2,1-3H3,(H,21,23). The zero-order chi connectivity index (χ0) is 16.9. The third-order valence-corrected chi connectivity index (χ3v) is 5.42. The van der Waals surface area contributed by atoms with Gasteiger partial charge in [0.15, 0.2) is 0 Å². The van der Waals surface area contributed by atoms with Crippen molar-refractivity contribution in [3.63, 3.8) is 0 Å². The van der Waals surface area contributed by atoms with Gasteiger partial charge in [0, 0.05) is 24.1 Å². The van der Waals surface area contributed by atoms with Crippen molar-refractivity contribution < 1.29 is 9.21 Å². The highest BCUT2D eigenvalue weighted by molar-refractivity contribution is 5.84. The number of nitrogens with zero attached hydrogens (tertiary/aromatic N) is 1. The van der Waals surface area contributed by atoms with Gasteiger partial charge in [-0.05, 0) is 42.8 Å². The molecule has 1 aromatic carbocycles.